The largest absolute Gasteiger partial charge is 0.374 e. The van der Waals surface area contributed by atoms with Crippen molar-refractivity contribution in [2.75, 3.05) is 13.7 Å². The standard InChI is InChI=1S/C11H18N2OS/c1-7(2)10(14-3)11-13-8-4-5-12-6-9(8)15-11/h7,10,12H,4-6H2,1-3H3. The molecule has 0 saturated carbocycles. The first-order chi connectivity index (χ1) is 7.22. The van der Waals surface area contributed by atoms with Gasteiger partial charge in [0.15, 0.2) is 0 Å². The van der Waals surface area contributed by atoms with Gasteiger partial charge >= 0.3 is 0 Å². The fourth-order valence-electron chi connectivity index (χ4n) is 1.93. The second kappa shape index (κ2) is 4.60. The third kappa shape index (κ3) is 2.22. The summed E-state index contributed by atoms with van der Waals surface area (Å²) in [4.78, 5) is 6.08. The summed E-state index contributed by atoms with van der Waals surface area (Å²) in [5, 5.41) is 4.51. The second-order valence-corrected chi connectivity index (χ2v) is 5.36. The van der Waals surface area contributed by atoms with E-state index in [1.807, 2.05) is 0 Å². The first kappa shape index (κ1) is 11.0. The van der Waals surface area contributed by atoms with Crippen LogP contribution in [0.4, 0.5) is 0 Å². The van der Waals surface area contributed by atoms with Crippen LogP contribution in [-0.4, -0.2) is 18.6 Å². The van der Waals surface area contributed by atoms with E-state index in [1.54, 1.807) is 18.4 Å². The molecule has 1 aromatic heterocycles. The SMILES string of the molecule is COC(c1nc2c(s1)CNCC2)C(C)C. The van der Waals surface area contributed by atoms with Gasteiger partial charge in [0.05, 0.1) is 5.69 Å². The lowest BCUT2D eigenvalue weighted by atomic mass is 10.1. The van der Waals surface area contributed by atoms with E-state index >= 15 is 0 Å². The normalized spacial score (nSPS) is 17.9. The minimum absolute atomic E-state index is 0.153. The number of nitrogens with one attached hydrogen (secondary N) is 1. The van der Waals surface area contributed by atoms with E-state index in [-0.39, 0.29) is 6.10 Å². The van der Waals surface area contributed by atoms with Crippen LogP contribution < -0.4 is 5.32 Å². The summed E-state index contributed by atoms with van der Waals surface area (Å²) in [6, 6.07) is 0. The summed E-state index contributed by atoms with van der Waals surface area (Å²) in [6.07, 6.45) is 1.21. The van der Waals surface area contributed by atoms with Crippen LogP contribution in [-0.2, 0) is 17.7 Å². The third-order valence-electron chi connectivity index (χ3n) is 2.72. The van der Waals surface area contributed by atoms with Gasteiger partial charge in [-0.2, -0.15) is 0 Å². The zero-order valence-electron chi connectivity index (χ0n) is 9.54. The van der Waals surface area contributed by atoms with Crippen LogP contribution in [0.5, 0.6) is 0 Å². The molecule has 1 N–H and O–H groups in total. The number of nitrogens with zero attached hydrogens (tertiary/aromatic N) is 1. The average molecular weight is 226 g/mol. The molecule has 84 valence electrons. The Balaban J connectivity index is 2.24. The summed E-state index contributed by atoms with van der Waals surface area (Å²) in [7, 11) is 1.77. The molecular weight excluding hydrogens is 208 g/mol. The number of hydrogen-bond acceptors (Lipinski definition) is 4. The van der Waals surface area contributed by atoms with Crippen molar-refractivity contribution < 1.29 is 4.74 Å². The first-order valence-electron chi connectivity index (χ1n) is 5.44. The molecule has 4 heteroatoms. The molecule has 0 bridgehead atoms. The molecule has 15 heavy (non-hydrogen) atoms. The fourth-order valence-corrected chi connectivity index (χ4v) is 3.26. The maximum absolute atomic E-state index is 5.50. The zero-order valence-corrected chi connectivity index (χ0v) is 10.4. The van der Waals surface area contributed by atoms with E-state index < -0.39 is 0 Å². The molecule has 2 rings (SSSR count). The van der Waals surface area contributed by atoms with E-state index in [9.17, 15) is 0 Å². The van der Waals surface area contributed by atoms with Gasteiger partial charge in [0.1, 0.15) is 11.1 Å². The Kier molecular flexibility index (Phi) is 3.38. The van der Waals surface area contributed by atoms with Gasteiger partial charge in [-0.05, 0) is 5.92 Å². The lowest BCUT2D eigenvalue weighted by Crippen LogP contribution is -2.22. The fraction of sp³-hybridized carbons (Fsp3) is 0.727. The molecule has 1 atom stereocenters. The van der Waals surface area contributed by atoms with Crippen LogP contribution in [0, 0.1) is 5.92 Å². The lowest BCUT2D eigenvalue weighted by Gasteiger charge is -2.15. The summed E-state index contributed by atoms with van der Waals surface area (Å²) < 4.78 is 5.50. The molecule has 2 heterocycles. The van der Waals surface area contributed by atoms with E-state index in [1.165, 1.54) is 10.6 Å². The Morgan fingerprint density at radius 1 is 1.47 bits per heavy atom. The van der Waals surface area contributed by atoms with Gasteiger partial charge in [0, 0.05) is 31.5 Å². The highest BCUT2D eigenvalue weighted by Crippen LogP contribution is 2.31. The number of fused-ring (bicyclic) bond motifs is 1. The maximum Gasteiger partial charge on any atom is 0.122 e. The molecule has 0 fully saturated rings. The lowest BCUT2D eigenvalue weighted by molar-refractivity contribution is 0.0643. The van der Waals surface area contributed by atoms with Crippen LogP contribution in [0.15, 0.2) is 0 Å². The van der Waals surface area contributed by atoms with Crippen molar-refractivity contribution in [2.45, 2.75) is 32.9 Å². The molecule has 0 aromatic carbocycles. The van der Waals surface area contributed by atoms with Crippen molar-refractivity contribution in [3.8, 4) is 0 Å². The van der Waals surface area contributed by atoms with Gasteiger partial charge in [-0.25, -0.2) is 4.98 Å². The highest BCUT2D eigenvalue weighted by Gasteiger charge is 2.22. The van der Waals surface area contributed by atoms with Crippen molar-refractivity contribution in [3.63, 3.8) is 0 Å². The number of methoxy groups -OCH3 is 1. The predicted octanol–water partition coefficient (Wildman–Crippen LogP) is 2.13. The Labute approximate surface area is 94.9 Å². The minimum Gasteiger partial charge on any atom is -0.374 e. The average Bonchev–Trinajstić information content (AvgIpc) is 2.61. The second-order valence-electron chi connectivity index (χ2n) is 4.25. The van der Waals surface area contributed by atoms with Crippen molar-refractivity contribution in [3.05, 3.63) is 15.6 Å². The molecule has 0 amide bonds. The molecule has 1 aliphatic rings. The van der Waals surface area contributed by atoms with Crippen LogP contribution >= 0.6 is 11.3 Å². The predicted molar refractivity (Wildman–Crippen MR) is 62.1 cm³/mol. The maximum atomic E-state index is 5.50. The van der Waals surface area contributed by atoms with Crippen molar-refractivity contribution in [2.24, 2.45) is 5.92 Å². The zero-order chi connectivity index (χ0) is 10.8. The molecule has 1 unspecified atom stereocenters. The summed E-state index contributed by atoms with van der Waals surface area (Å²) in [5.74, 6) is 0.482. The van der Waals surface area contributed by atoms with Gasteiger partial charge in [0.2, 0.25) is 0 Å². The Bertz CT molecular complexity index is 312. The highest BCUT2D eigenvalue weighted by molar-refractivity contribution is 7.11. The number of ether oxygens (including phenoxy) is 1. The summed E-state index contributed by atoms with van der Waals surface area (Å²) in [6.45, 7) is 6.37. The molecular formula is C11H18N2OS. The van der Waals surface area contributed by atoms with E-state index in [0.29, 0.717) is 5.92 Å². The van der Waals surface area contributed by atoms with Gasteiger partial charge in [-0.15, -0.1) is 11.3 Å². The van der Waals surface area contributed by atoms with Crippen LogP contribution in [0.2, 0.25) is 0 Å². The van der Waals surface area contributed by atoms with Gasteiger partial charge < -0.3 is 10.1 Å². The minimum atomic E-state index is 0.153. The smallest absolute Gasteiger partial charge is 0.122 e. The van der Waals surface area contributed by atoms with Crippen LogP contribution in [0.1, 0.15) is 35.5 Å². The number of hydrogen-bond donors (Lipinski definition) is 1. The molecule has 0 spiro atoms. The molecule has 0 saturated heterocycles. The van der Waals surface area contributed by atoms with Crippen LogP contribution in [0.25, 0.3) is 0 Å². The van der Waals surface area contributed by atoms with Gasteiger partial charge in [0.25, 0.3) is 0 Å². The highest BCUT2D eigenvalue weighted by atomic mass is 32.1. The van der Waals surface area contributed by atoms with Crippen molar-refractivity contribution in [1.29, 1.82) is 0 Å². The van der Waals surface area contributed by atoms with Gasteiger partial charge in [-0.3, -0.25) is 0 Å². The van der Waals surface area contributed by atoms with E-state index in [0.717, 1.165) is 24.5 Å². The summed E-state index contributed by atoms with van der Waals surface area (Å²) in [5.41, 5.74) is 1.27. The Morgan fingerprint density at radius 3 is 2.87 bits per heavy atom. The molecule has 0 radical (unpaired) electrons. The summed E-state index contributed by atoms with van der Waals surface area (Å²) >= 11 is 1.80. The van der Waals surface area contributed by atoms with Crippen molar-refractivity contribution in [1.82, 2.24) is 10.3 Å². The quantitative estimate of drug-likeness (QED) is 0.857. The van der Waals surface area contributed by atoms with Crippen LogP contribution in [0.3, 0.4) is 0 Å². The molecule has 1 aromatic rings. The van der Waals surface area contributed by atoms with E-state index in [4.69, 9.17) is 9.72 Å². The first-order valence-corrected chi connectivity index (χ1v) is 6.26. The number of rotatable bonds is 3. The third-order valence-corrected chi connectivity index (χ3v) is 3.88. The molecule has 0 aliphatic carbocycles. The Hall–Kier alpha value is -0.450. The Morgan fingerprint density at radius 2 is 2.27 bits per heavy atom. The number of thiazole rings is 1. The molecule has 1 aliphatic heterocycles. The number of aromatic nitrogens is 1. The van der Waals surface area contributed by atoms with E-state index in [2.05, 4.69) is 19.2 Å². The van der Waals surface area contributed by atoms with Gasteiger partial charge in [-0.1, -0.05) is 13.8 Å². The van der Waals surface area contributed by atoms with Crippen molar-refractivity contribution >= 4 is 11.3 Å². The molecule has 3 nitrogen and oxygen atoms in total. The topological polar surface area (TPSA) is 34.1 Å². The monoisotopic (exact) mass is 226 g/mol.